The maximum absolute atomic E-state index is 14.1. The Morgan fingerprint density at radius 1 is 1.25 bits per heavy atom. The lowest BCUT2D eigenvalue weighted by molar-refractivity contribution is -0.0352. The normalized spacial score (nSPS) is 20.4. The Balaban J connectivity index is 1.59. The fraction of sp³-hybridized carbons (Fsp3) is 0.619. The molecule has 6 nitrogen and oxygen atoms in total. The minimum atomic E-state index is -0.376. The number of ether oxygens (including phenoxy) is 1. The van der Waals surface area contributed by atoms with Gasteiger partial charge in [-0.3, -0.25) is 9.89 Å². The second-order valence-corrected chi connectivity index (χ2v) is 7.58. The molecule has 1 heterocycles. The van der Waals surface area contributed by atoms with Crippen LogP contribution in [0.3, 0.4) is 0 Å². The summed E-state index contributed by atoms with van der Waals surface area (Å²) in [5, 5.41) is 15.5. The summed E-state index contributed by atoms with van der Waals surface area (Å²) in [6, 6.07) is 6.49. The molecule has 0 radical (unpaired) electrons. The Hall–Kier alpha value is -2.17. The summed E-state index contributed by atoms with van der Waals surface area (Å²) in [7, 11) is 1.73. The van der Waals surface area contributed by atoms with Crippen molar-refractivity contribution in [2.75, 3.05) is 39.9 Å². The summed E-state index contributed by atoms with van der Waals surface area (Å²) in [5.41, 5.74) is 0.982. The van der Waals surface area contributed by atoms with E-state index in [1.54, 1.807) is 19.2 Å². The molecule has 0 aromatic heterocycles. The molecule has 1 saturated heterocycles. The van der Waals surface area contributed by atoms with Crippen molar-refractivity contribution in [3.63, 3.8) is 0 Å². The van der Waals surface area contributed by atoms with Crippen LogP contribution in [0.1, 0.15) is 43.2 Å². The first-order chi connectivity index (χ1) is 13.7. The molecule has 0 atom stereocenters. The van der Waals surface area contributed by atoms with Gasteiger partial charge in [0.05, 0.1) is 24.8 Å². The first kappa shape index (κ1) is 20.6. The smallest absolute Gasteiger partial charge is 0.191 e. The largest absolute Gasteiger partial charge is 0.379 e. The van der Waals surface area contributed by atoms with Gasteiger partial charge in [-0.05, 0) is 25.0 Å². The molecule has 1 aromatic carbocycles. The molecule has 1 aliphatic heterocycles. The Labute approximate surface area is 166 Å². The zero-order valence-corrected chi connectivity index (χ0v) is 16.6. The molecule has 2 fully saturated rings. The molecule has 0 unspecified atom stereocenters. The molecule has 1 aliphatic carbocycles. The van der Waals surface area contributed by atoms with E-state index in [9.17, 15) is 4.39 Å². The van der Waals surface area contributed by atoms with Crippen LogP contribution in [0.5, 0.6) is 0 Å². The number of rotatable bonds is 5. The van der Waals surface area contributed by atoms with Crippen LogP contribution in [0, 0.1) is 17.1 Å². The highest BCUT2D eigenvalue weighted by Crippen LogP contribution is 2.33. The average molecular weight is 388 g/mol. The summed E-state index contributed by atoms with van der Waals surface area (Å²) in [5.74, 6) is 0.293. The van der Waals surface area contributed by atoms with Gasteiger partial charge in [-0.1, -0.05) is 25.3 Å². The first-order valence-electron chi connectivity index (χ1n) is 10.1. The number of hydrogen-bond acceptors (Lipinski definition) is 4. The second-order valence-electron chi connectivity index (χ2n) is 7.58. The van der Waals surface area contributed by atoms with E-state index in [-0.39, 0.29) is 11.4 Å². The predicted octanol–water partition coefficient (Wildman–Crippen LogP) is 2.40. The van der Waals surface area contributed by atoms with Crippen LogP contribution in [0.25, 0.3) is 0 Å². The Bertz CT molecular complexity index is 718. The van der Waals surface area contributed by atoms with Crippen LogP contribution in [0.4, 0.5) is 4.39 Å². The molecule has 1 aromatic rings. The monoisotopic (exact) mass is 387 g/mol. The van der Waals surface area contributed by atoms with Gasteiger partial charge in [0, 0.05) is 44.3 Å². The first-order valence-corrected chi connectivity index (χ1v) is 10.1. The van der Waals surface area contributed by atoms with Crippen LogP contribution >= 0.6 is 0 Å². The Kier molecular flexibility index (Phi) is 7.24. The lowest BCUT2D eigenvalue weighted by atomic mass is 9.80. The molecule has 2 N–H and O–H groups in total. The topological polar surface area (TPSA) is 72.7 Å². The van der Waals surface area contributed by atoms with Gasteiger partial charge in [0.1, 0.15) is 5.82 Å². The highest BCUT2D eigenvalue weighted by Gasteiger charge is 2.38. The summed E-state index contributed by atoms with van der Waals surface area (Å²) >= 11 is 0. The van der Waals surface area contributed by atoms with E-state index in [1.165, 1.54) is 38.2 Å². The van der Waals surface area contributed by atoms with Gasteiger partial charge in [0.15, 0.2) is 5.96 Å². The third kappa shape index (κ3) is 5.00. The van der Waals surface area contributed by atoms with Gasteiger partial charge < -0.3 is 15.4 Å². The number of hydrogen-bond donors (Lipinski definition) is 2. The zero-order chi connectivity index (χ0) is 19.8. The SMILES string of the molecule is CN=C(NCc1ccc(C#N)cc1F)NCC1(N2CCOCC2)CCCCC1. The number of benzene rings is 1. The van der Waals surface area contributed by atoms with E-state index in [0.29, 0.717) is 23.6 Å². The van der Waals surface area contributed by atoms with E-state index in [0.717, 1.165) is 32.8 Å². The highest BCUT2D eigenvalue weighted by atomic mass is 19.1. The van der Waals surface area contributed by atoms with Crippen LogP contribution < -0.4 is 10.6 Å². The van der Waals surface area contributed by atoms with E-state index in [2.05, 4.69) is 20.5 Å². The van der Waals surface area contributed by atoms with Crippen LogP contribution in [0.2, 0.25) is 0 Å². The number of halogens is 1. The maximum Gasteiger partial charge on any atom is 0.191 e. The highest BCUT2D eigenvalue weighted by molar-refractivity contribution is 5.79. The van der Waals surface area contributed by atoms with Crippen LogP contribution in [-0.4, -0.2) is 56.3 Å². The van der Waals surface area contributed by atoms with E-state index in [1.807, 2.05) is 6.07 Å². The molecule has 3 rings (SSSR count). The van der Waals surface area contributed by atoms with Crippen molar-refractivity contribution in [2.45, 2.75) is 44.2 Å². The summed E-state index contributed by atoms with van der Waals surface area (Å²) < 4.78 is 19.6. The number of guanidine groups is 1. The number of nitrogens with zero attached hydrogens (tertiary/aromatic N) is 3. The average Bonchev–Trinajstić information content (AvgIpc) is 2.76. The van der Waals surface area contributed by atoms with E-state index < -0.39 is 0 Å². The van der Waals surface area contributed by atoms with Gasteiger partial charge in [0.25, 0.3) is 0 Å². The second kappa shape index (κ2) is 9.85. The molecule has 28 heavy (non-hydrogen) atoms. The van der Waals surface area contributed by atoms with Crippen molar-refractivity contribution < 1.29 is 9.13 Å². The molecule has 2 aliphatic rings. The Morgan fingerprint density at radius 3 is 2.64 bits per heavy atom. The molecule has 7 heteroatoms. The van der Waals surface area contributed by atoms with Crippen LogP contribution in [-0.2, 0) is 11.3 Å². The number of nitrogens with one attached hydrogen (secondary N) is 2. The predicted molar refractivity (Wildman–Crippen MR) is 108 cm³/mol. The minimum Gasteiger partial charge on any atom is -0.379 e. The Morgan fingerprint density at radius 2 is 2.00 bits per heavy atom. The fourth-order valence-corrected chi connectivity index (χ4v) is 4.26. The van der Waals surface area contributed by atoms with Crippen LogP contribution in [0.15, 0.2) is 23.2 Å². The third-order valence-corrected chi connectivity index (χ3v) is 5.90. The molecule has 152 valence electrons. The van der Waals surface area contributed by atoms with Gasteiger partial charge in [-0.2, -0.15) is 5.26 Å². The molecule has 0 amide bonds. The van der Waals surface area contributed by atoms with Crippen molar-refractivity contribution >= 4 is 5.96 Å². The lowest BCUT2D eigenvalue weighted by Gasteiger charge is -2.48. The van der Waals surface area contributed by atoms with Crippen molar-refractivity contribution in [1.29, 1.82) is 5.26 Å². The standard InChI is InChI=1S/C21H30FN5O/c1-24-20(25-15-18-6-5-17(14-23)13-19(18)22)26-16-21(7-3-2-4-8-21)27-9-11-28-12-10-27/h5-6,13H,2-4,7-12,15-16H2,1H3,(H2,24,25,26). The van der Waals surface area contributed by atoms with Crippen molar-refractivity contribution in [3.05, 3.63) is 35.1 Å². The lowest BCUT2D eigenvalue weighted by Crippen LogP contribution is -2.60. The summed E-state index contributed by atoms with van der Waals surface area (Å²) in [4.78, 5) is 6.88. The minimum absolute atomic E-state index is 0.138. The van der Waals surface area contributed by atoms with Gasteiger partial charge in [-0.15, -0.1) is 0 Å². The molecular formula is C21H30FN5O. The van der Waals surface area contributed by atoms with Gasteiger partial charge in [-0.25, -0.2) is 4.39 Å². The third-order valence-electron chi connectivity index (χ3n) is 5.90. The number of aliphatic imine (C=N–C) groups is 1. The zero-order valence-electron chi connectivity index (χ0n) is 16.6. The molecule has 0 spiro atoms. The molecular weight excluding hydrogens is 357 g/mol. The molecule has 0 bridgehead atoms. The van der Waals surface area contributed by atoms with Crippen molar-refractivity contribution in [1.82, 2.24) is 15.5 Å². The number of morpholine rings is 1. The summed E-state index contributed by atoms with van der Waals surface area (Å²) in [6.07, 6.45) is 6.17. The quantitative estimate of drug-likeness (QED) is 0.600. The molecule has 1 saturated carbocycles. The van der Waals surface area contributed by atoms with Crippen molar-refractivity contribution in [3.8, 4) is 6.07 Å². The fourth-order valence-electron chi connectivity index (χ4n) is 4.26. The van der Waals surface area contributed by atoms with Gasteiger partial charge >= 0.3 is 0 Å². The van der Waals surface area contributed by atoms with E-state index >= 15 is 0 Å². The maximum atomic E-state index is 14.1. The van der Waals surface area contributed by atoms with E-state index in [4.69, 9.17) is 10.00 Å². The number of nitriles is 1. The van der Waals surface area contributed by atoms with Gasteiger partial charge in [0.2, 0.25) is 0 Å². The van der Waals surface area contributed by atoms with Crippen molar-refractivity contribution in [2.24, 2.45) is 4.99 Å². The summed E-state index contributed by atoms with van der Waals surface area (Å²) in [6.45, 7) is 4.69.